The lowest BCUT2D eigenvalue weighted by Crippen LogP contribution is -2.55. The number of methoxy groups -OCH3 is 1. The van der Waals surface area contributed by atoms with Crippen molar-refractivity contribution in [2.24, 2.45) is 0 Å². The Morgan fingerprint density at radius 1 is 1.09 bits per heavy atom. The Morgan fingerprint density at radius 2 is 1.80 bits per heavy atom. The molecule has 3 aromatic rings. The number of rotatable bonds is 7. The lowest BCUT2D eigenvalue weighted by molar-refractivity contribution is 0.0740. The van der Waals surface area contributed by atoms with Crippen molar-refractivity contribution in [2.75, 3.05) is 25.1 Å². The maximum Gasteiger partial charge on any atom is 0.362 e. The maximum absolute atomic E-state index is 14.1. The van der Waals surface area contributed by atoms with Crippen LogP contribution >= 0.6 is 46.6 Å². The van der Waals surface area contributed by atoms with Gasteiger partial charge in [-0.25, -0.2) is 4.79 Å². The number of hydrogen-bond acceptors (Lipinski definition) is 5. The van der Waals surface area contributed by atoms with Gasteiger partial charge in [0.15, 0.2) is 0 Å². The minimum Gasteiger partial charge on any atom is -0.494 e. The van der Waals surface area contributed by atoms with E-state index in [1.165, 1.54) is 4.90 Å². The van der Waals surface area contributed by atoms with E-state index in [1.807, 2.05) is 17.9 Å². The minimum atomic E-state index is -3.89. The van der Waals surface area contributed by atoms with Gasteiger partial charge in [0.05, 0.1) is 22.8 Å². The quantitative estimate of drug-likeness (QED) is 0.255. The number of hydrogen-bond donors (Lipinski definition) is 1. The monoisotopic (exact) mass is 696 g/mol. The number of aromatic nitrogens is 1. The van der Waals surface area contributed by atoms with Crippen LogP contribution in [0.25, 0.3) is 0 Å². The highest BCUT2D eigenvalue weighted by Gasteiger charge is 2.38. The van der Waals surface area contributed by atoms with Gasteiger partial charge in [-0.15, -0.1) is 0 Å². The predicted octanol–water partition coefficient (Wildman–Crippen LogP) is 7.78. The van der Waals surface area contributed by atoms with Crippen LogP contribution in [0, 0.1) is 6.92 Å². The highest BCUT2D eigenvalue weighted by Crippen LogP contribution is 2.44. The summed E-state index contributed by atoms with van der Waals surface area (Å²) in [7, 11) is 1.55. The number of amides is 3. The highest BCUT2D eigenvalue weighted by molar-refractivity contribution is 7.99. The van der Waals surface area contributed by atoms with Crippen molar-refractivity contribution in [3.8, 4) is 5.75 Å². The van der Waals surface area contributed by atoms with Gasteiger partial charge in [0.25, 0.3) is 11.5 Å². The van der Waals surface area contributed by atoms with Crippen molar-refractivity contribution < 1.29 is 23.1 Å². The van der Waals surface area contributed by atoms with Crippen LogP contribution in [0.3, 0.4) is 0 Å². The first kappa shape index (κ1) is 32.0. The summed E-state index contributed by atoms with van der Waals surface area (Å²) in [4.78, 5) is 48.3. The van der Waals surface area contributed by atoms with Gasteiger partial charge in [0, 0.05) is 42.0 Å². The number of carbonyl (C=O) groups is 2. The topological polar surface area (TPSA) is 85.9 Å². The summed E-state index contributed by atoms with van der Waals surface area (Å²) in [6, 6.07) is 7.78. The molecule has 0 unspecified atom stereocenters. The molecule has 14 heteroatoms. The lowest BCUT2D eigenvalue weighted by Gasteiger charge is -2.44. The summed E-state index contributed by atoms with van der Waals surface area (Å²) in [6.07, 6.45) is 3.94. The van der Waals surface area contributed by atoms with Crippen molar-refractivity contribution in [1.29, 1.82) is 0 Å². The molecule has 3 aliphatic rings. The van der Waals surface area contributed by atoms with E-state index in [0.717, 1.165) is 66.7 Å². The number of ether oxygens (including phenoxy) is 1. The molecule has 8 nitrogen and oxygen atoms in total. The fraction of sp³-hybridized carbons (Fsp3) is 0.387. The summed E-state index contributed by atoms with van der Waals surface area (Å²) >= 11 is 18.8. The number of carbonyl (C=O) groups excluding carboxylic acids is 2. The van der Waals surface area contributed by atoms with Gasteiger partial charge in [-0.1, -0.05) is 41.0 Å². The number of benzene rings is 2. The highest BCUT2D eigenvalue weighted by atomic mass is 35.5. The normalized spacial score (nSPS) is 17.0. The van der Waals surface area contributed by atoms with E-state index >= 15 is 0 Å². The zero-order valence-electron chi connectivity index (χ0n) is 24.4. The largest absolute Gasteiger partial charge is 0.494 e. The van der Waals surface area contributed by atoms with Gasteiger partial charge in [0.2, 0.25) is 0 Å². The molecule has 3 amide bonds. The van der Waals surface area contributed by atoms with Crippen molar-refractivity contribution in [3.63, 3.8) is 0 Å². The number of anilines is 1. The van der Waals surface area contributed by atoms with Crippen LogP contribution in [0.4, 0.5) is 19.3 Å². The molecule has 45 heavy (non-hydrogen) atoms. The first-order valence-electron chi connectivity index (χ1n) is 14.4. The van der Waals surface area contributed by atoms with Crippen LogP contribution < -0.4 is 15.2 Å². The third kappa shape index (κ3) is 5.88. The van der Waals surface area contributed by atoms with Crippen LogP contribution in [0.1, 0.15) is 58.4 Å². The van der Waals surface area contributed by atoms with Crippen LogP contribution in [-0.2, 0) is 18.5 Å². The molecule has 2 aromatic carbocycles. The molecule has 0 atom stereocenters. The molecular weight excluding hydrogens is 669 g/mol. The molecule has 1 aromatic heterocycles. The summed E-state index contributed by atoms with van der Waals surface area (Å²) in [6.45, 7) is 3.40. The molecule has 2 aliphatic heterocycles. The van der Waals surface area contributed by atoms with Gasteiger partial charge in [-0.3, -0.25) is 14.5 Å². The van der Waals surface area contributed by atoms with Crippen LogP contribution in [0.2, 0.25) is 10.0 Å². The van der Waals surface area contributed by atoms with Gasteiger partial charge in [-0.2, -0.15) is 8.78 Å². The third-order valence-corrected chi connectivity index (χ3v) is 10.9. The van der Waals surface area contributed by atoms with E-state index in [9.17, 15) is 23.2 Å². The number of nitrogens with zero attached hydrogens (tertiary/aromatic N) is 3. The Kier molecular flexibility index (Phi) is 8.75. The van der Waals surface area contributed by atoms with Gasteiger partial charge in [-0.05, 0) is 85.2 Å². The van der Waals surface area contributed by atoms with E-state index in [1.54, 1.807) is 30.2 Å². The van der Waals surface area contributed by atoms with E-state index in [4.69, 9.17) is 39.5 Å². The van der Waals surface area contributed by atoms with Gasteiger partial charge < -0.3 is 19.5 Å². The van der Waals surface area contributed by atoms with Crippen molar-refractivity contribution in [3.05, 3.63) is 78.7 Å². The van der Waals surface area contributed by atoms with Crippen LogP contribution in [0.15, 0.2) is 44.9 Å². The van der Waals surface area contributed by atoms with Crippen LogP contribution in [-0.4, -0.2) is 53.0 Å². The average Bonchev–Trinajstić information content (AvgIpc) is 3.39. The second-order valence-electron chi connectivity index (χ2n) is 11.3. The second kappa shape index (κ2) is 12.3. The molecule has 3 heterocycles. The Balaban J connectivity index is 1.36. The van der Waals surface area contributed by atoms with E-state index < -0.39 is 22.5 Å². The van der Waals surface area contributed by atoms with Gasteiger partial charge >= 0.3 is 11.4 Å². The molecule has 0 radical (unpaired) electrons. The zero-order valence-corrected chi connectivity index (χ0v) is 27.5. The number of aromatic amines is 1. The van der Waals surface area contributed by atoms with Crippen molar-refractivity contribution >= 4 is 64.2 Å². The molecule has 1 aliphatic carbocycles. The zero-order chi connectivity index (χ0) is 32.2. The first-order valence-corrected chi connectivity index (χ1v) is 16.4. The van der Waals surface area contributed by atoms with Crippen molar-refractivity contribution in [2.45, 2.75) is 66.9 Å². The Labute approximate surface area is 277 Å². The van der Waals surface area contributed by atoms with E-state index in [-0.39, 0.29) is 45.7 Å². The molecule has 0 spiro atoms. The predicted molar refractivity (Wildman–Crippen MR) is 170 cm³/mol. The molecular formula is C31H29Cl3F2N4O4S. The number of pyridine rings is 1. The van der Waals surface area contributed by atoms with Crippen molar-refractivity contribution in [1.82, 2.24) is 14.8 Å². The Morgan fingerprint density at radius 3 is 2.42 bits per heavy atom. The summed E-state index contributed by atoms with van der Waals surface area (Å²) in [5.74, 6) is -0.129. The number of alkyl halides is 3. The fourth-order valence-corrected chi connectivity index (χ4v) is 7.87. The first-order chi connectivity index (χ1) is 21.4. The average molecular weight is 698 g/mol. The SMILES string of the molecule is COc1c(N2CCCN(C3CCC3)C2=O)cc2c(c1C)CN(C(=O)c1c(Sc3c(Cl)cccc3Cl)cc(C(F)(F)Cl)[nH]c1=O)C2. The fourth-order valence-electron chi connectivity index (χ4n) is 6.13. The molecule has 2 fully saturated rings. The second-order valence-corrected chi connectivity index (χ2v) is 13.7. The van der Waals surface area contributed by atoms with Crippen LogP contribution in [0.5, 0.6) is 5.75 Å². The van der Waals surface area contributed by atoms with Gasteiger partial charge in [0.1, 0.15) is 17.0 Å². The Hall–Kier alpha value is -2.99. The molecule has 238 valence electrons. The number of nitrogens with one attached hydrogen (secondary N) is 1. The summed E-state index contributed by atoms with van der Waals surface area (Å²) < 4.78 is 34.1. The molecule has 1 N–H and O–H groups in total. The third-order valence-electron chi connectivity index (χ3n) is 8.64. The minimum absolute atomic E-state index is 0.0582. The lowest BCUT2D eigenvalue weighted by atomic mass is 9.91. The Bertz CT molecular complexity index is 1740. The standard InChI is InChI=1S/C31H29Cl3F2N4O4S/c1-16-19-15-38(14-17(19)12-22(26(16)44-2)40-11-5-10-39(30(40)43)18-6-3-7-18)29(42)25-23(13-24(31(34,35)36)37-28(25)41)45-27-20(32)8-4-9-21(27)33/h4,8-9,12-13,18H,3,5-7,10-11,14-15H2,1-2H3,(H,37,41). The number of urea groups is 1. The number of fused-ring (bicyclic) bond motifs is 1. The molecule has 6 rings (SSSR count). The van der Waals surface area contributed by atoms with E-state index in [2.05, 4.69) is 4.98 Å². The number of H-pyrrole nitrogens is 1. The molecule has 1 saturated heterocycles. The molecule has 1 saturated carbocycles. The smallest absolute Gasteiger partial charge is 0.362 e. The summed E-state index contributed by atoms with van der Waals surface area (Å²) in [5, 5.41) is -3.45. The summed E-state index contributed by atoms with van der Waals surface area (Å²) in [5.41, 5.74) is 0.797. The maximum atomic E-state index is 14.1. The van der Waals surface area contributed by atoms with E-state index in [0.29, 0.717) is 22.9 Å². The number of halogens is 5. The molecule has 0 bridgehead atoms.